The molecule has 0 saturated carbocycles. The summed E-state index contributed by atoms with van der Waals surface area (Å²) in [5, 5.41) is 0. The lowest BCUT2D eigenvalue weighted by molar-refractivity contribution is 0.483. The third kappa shape index (κ3) is 3.76. The fourth-order valence-corrected chi connectivity index (χ4v) is 2.95. The number of nitrogen functional groups attached to an aromatic ring is 1. The van der Waals surface area contributed by atoms with Crippen molar-refractivity contribution in [2.45, 2.75) is 17.7 Å². The van der Waals surface area contributed by atoms with Crippen LogP contribution < -0.4 is 10.5 Å². The largest absolute Gasteiger partial charge is 0.399 e. The molecule has 2 rings (SSSR count). The Balaban J connectivity index is 2.02. The maximum atomic E-state index is 13.5. The number of hydrogen-bond acceptors (Lipinski definition) is 4. The van der Waals surface area contributed by atoms with Crippen LogP contribution in [0.1, 0.15) is 12.2 Å². The van der Waals surface area contributed by atoms with Gasteiger partial charge in [0.05, 0.1) is 0 Å². The second kappa shape index (κ2) is 6.19. The Bertz CT molecular complexity index is 717. The van der Waals surface area contributed by atoms with E-state index in [1.54, 1.807) is 12.4 Å². The highest BCUT2D eigenvalue weighted by atomic mass is 32.2. The van der Waals surface area contributed by atoms with Crippen LogP contribution in [0.2, 0.25) is 0 Å². The Morgan fingerprint density at radius 2 is 2.10 bits per heavy atom. The van der Waals surface area contributed by atoms with Crippen LogP contribution in [-0.4, -0.2) is 24.9 Å². The van der Waals surface area contributed by atoms with Crippen molar-refractivity contribution in [2.24, 2.45) is 0 Å². The number of imidazole rings is 1. The molecule has 0 unspecified atom stereocenters. The minimum Gasteiger partial charge on any atom is -0.399 e. The van der Waals surface area contributed by atoms with E-state index in [0.717, 1.165) is 18.0 Å². The number of nitrogens with one attached hydrogen (secondary N) is 2. The Morgan fingerprint density at radius 3 is 2.76 bits per heavy atom. The molecule has 21 heavy (non-hydrogen) atoms. The smallest absolute Gasteiger partial charge is 0.243 e. The van der Waals surface area contributed by atoms with Crippen LogP contribution in [0, 0.1) is 11.6 Å². The van der Waals surface area contributed by atoms with Crippen molar-refractivity contribution in [2.75, 3.05) is 12.3 Å². The van der Waals surface area contributed by atoms with Gasteiger partial charge in [-0.05, 0) is 18.6 Å². The van der Waals surface area contributed by atoms with Crippen LogP contribution in [0.4, 0.5) is 14.5 Å². The minimum atomic E-state index is -4.15. The van der Waals surface area contributed by atoms with Gasteiger partial charge < -0.3 is 10.7 Å². The van der Waals surface area contributed by atoms with Crippen molar-refractivity contribution >= 4 is 15.7 Å². The molecule has 0 amide bonds. The summed E-state index contributed by atoms with van der Waals surface area (Å²) < 4.78 is 52.8. The lowest BCUT2D eigenvalue weighted by Gasteiger charge is -2.08. The predicted molar refractivity (Wildman–Crippen MR) is 72.9 cm³/mol. The number of H-pyrrole nitrogens is 1. The van der Waals surface area contributed by atoms with E-state index in [9.17, 15) is 17.2 Å². The fourth-order valence-electron chi connectivity index (χ4n) is 1.75. The summed E-state index contributed by atoms with van der Waals surface area (Å²) in [6.07, 6.45) is 4.23. The number of benzene rings is 1. The first-order valence-corrected chi connectivity index (χ1v) is 7.61. The van der Waals surface area contributed by atoms with Gasteiger partial charge in [0, 0.05) is 31.0 Å². The summed E-state index contributed by atoms with van der Waals surface area (Å²) in [6, 6.07) is 1.61. The van der Waals surface area contributed by atoms with Gasteiger partial charge in [-0.1, -0.05) is 0 Å². The van der Waals surface area contributed by atoms with Crippen LogP contribution in [0.5, 0.6) is 0 Å². The number of hydrogen-bond donors (Lipinski definition) is 3. The van der Waals surface area contributed by atoms with E-state index in [-0.39, 0.29) is 12.2 Å². The Morgan fingerprint density at radius 1 is 1.33 bits per heavy atom. The molecule has 0 bridgehead atoms. The van der Waals surface area contributed by atoms with Crippen molar-refractivity contribution < 1.29 is 17.2 Å². The molecule has 0 spiro atoms. The van der Waals surface area contributed by atoms with Gasteiger partial charge >= 0.3 is 0 Å². The SMILES string of the molecule is Nc1cc(F)c(F)c(S(=O)(=O)NCCCc2ncc[nH]2)c1. The van der Waals surface area contributed by atoms with Gasteiger partial charge in [-0.3, -0.25) is 0 Å². The molecule has 114 valence electrons. The highest BCUT2D eigenvalue weighted by Gasteiger charge is 2.22. The normalized spacial score (nSPS) is 11.7. The van der Waals surface area contributed by atoms with Crippen LogP contribution in [0.25, 0.3) is 0 Å². The summed E-state index contributed by atoms with van der Waals surface area (Å²) in [5.41, 5.74) is 5.17. The second-order valence-electron chi connectivity index (χ2n) is 4.35. The number of aryl methyl sites for hydroxylation is 1. The Kier molecular flexibility index (Phi) is 4.53. The van der Waals surface area contributed by atoms with E-state index in [2.05, 4.69) is 14.7 Å². The van der Waals surface area contributed by atoms with Crippen LogP contribution in [0.15, 0.2) is 29.4 Å². The molecule has 4 N–H and O–H groups in total. The number of sulfonamides is 1. The van der Waals surface area contributed by atoms with E-state index in [1.165, 1.54) is 0 Å². The first kappa shape index (κ1) is 15.4. The predicted octanol–water partition coefficient (Wildman–Crippen LogP) is 1.18. The van der Waals surface area contributed by atoms with Crippen molar-refractivity contribution in [1.82, 2.24) is 14.7 Å². The number of aromatic nitrogens is 2. The van der Waals surface area contributed by atoms with Crippen molar-refractivity contribution in [1.29, 1.82) is 0 Å². The maximum absolute atomic E-state index is 13.5. The molecule has 9 heteroatoms. The molecule has 1 heterocycles. The minimum absolute atomic E-state index is 0.0683. The summed E-state index contributed by atoms with van der Waals surface area (Å²) in [7, 11) is -4.15. The number of aromatic amines is 1. The lowest BCUT2D eigenvalue weighted by Crippen LogP contribution is -2.26. The highest BCUT2D eigenvalue weighted by Crippen LogP contribution is 2.20. The number of anilines is 1. The monoisotopic (exact) mass is 316 g/mol. The summed E-state index contributed by atoms with van der Waals surface area (Å²) in [4.78, 5) is 6.07. The highest BCUT2D eigenvalue weighted by molar-refractivity contribution is 7.89. The summed E-state index contributed by atoms with van der Waals surface area (Å²) in [6.45, 7) is 0.0683. The summed E-state index contributed by atoms with van der Waals surface area (Å²) >= 11 is 0. The van der Waals surface area contributed by atoms with Crippen LogP contribution >= 0.6 is 0 Å². The second-order valence-corrected chi connectivity index (χ2v) is 6.09. The maximum Gasteiger partial charge on any atom is 0.243 e. The number of nitrogens with zero attached hydrogens (tertiary/aromatic N) is 1. The summed E-state index contributed by atoms with van der Waals surface area (Å²) in [5.74, 6) is -2.02. The van der Waals surface area contributed by atoms with Gasteiger partial charge in [0.15, 0.2) is 11.6 Å². The van der Waals surface area contributed by atoms with Gasteiger partial charge in [0.25, 0.3) is 0 Å². The quantitative estimate of drug-likeness (QED) is 0.550. The number of halogens is 2. The van der Waals surface area contributed by atoms with E-state index in [4.69, 9.17) is 5.73 Å². The molecule has 1 aromatic heterocycles. The number of rotatable bonds is 6. The van der Waals surface area contributed by atoms with Crippen molar-refractivity contribution in [3.05, 3.63) is 42.0 Å². The third-order valence-electron chi connectivity index (χ3n) is 2.74. The molecule has 0 aliphatic carbocycles. The van der Waals surface area contributed by atoms with Gasteiger partial charge in [0.2, 0.25) is 10.0 Å². The molecule has 0 atom stereocenters. The first-order valence-electron chi connectivity index (χ1n) is 6.12. The zero-order valence-electron chi connectivity index (χ0n) is 10.9. The van der Waals surface area contributed by atoms with Crippen LogP contribution in [0.3, 0.4) is 0 Å². The van der Waals surface area contributed by atoms with Crippen molar-refractivity contribution in [3.8, 4) is 0 Å². The first-order chi connectivity index (χ1) is 9.90. The standard InChI is InChI=1S/C12H14F2N4O2S/c13-9-6-8(15)7-10(12(9)14)21(19,20)18-3-1-2-11-16-4-5-17-11/h4-7,18H,1-3,15H2,(H,16,17). The van der Waals surface area contributed by atoms with Gasteiger partial charge in [-0.2, -0.15) is 0 Å². The Hall–Kier alpha value is -2.00. The lowest BCUT2D eigenvalue weighted by atomic mass is 10.3. The zero-order valence-corrected chi connectivity index (χ0v) is 11.8. The van der Waals surface area contributed by atoms with E-state index >= 15 is 0 Å². The molecule has 0 aliphatic rings. The average molecular weight is 316 g/mol. The van der Waals surface area contributed by atoms with Gasteiger partial charge in [-0.25, -0.2) is 26.9 Å². The zero-order chi connectivity index (χ0) is 15.5. The third-order valence-corrected chi connectivity index (χ3v) is 4.20. The number of nitrogens with two attached hydrogens (primary N) is 1. The van der Waals surface area contributed by atoms with Gasteiger partial charge in [-0.15, -0.1) is 0 Å². The molecule has 0 aliphatic heterocycles. The van der Waals surface area contributed by atoms with Crippen LogP contribution in [-0.2, 0) is 16.4 Å². The molecule has 2 aromatic rings. The molecular formula is C12H14F2N4O2S. The van der Waals surface area contributed by atoms with E-state index < -0.39 is 26.6 Å². The molecule has 0 radical (unpaired) electrons. The Labute approximate surface area is 120 Å². The fraction of sp³-hybridized carbons (Fsp3) is 0.250. The topological polar surface area (TPSA) is 101 Å². The van der Waals surface area contributed by atoms with Gasteiger partial charge in [0.1, 0.15) is 10.7 Å². The molecule has 1 aromatic carbocycles. The molecule has 0 fully saturated rings. The molecule has 0 saturated heterocycles. The average Bonchev–Trinajstić information content (AvgIpc) is 2.92. The van der Waals surface area contributed by atoms with E-state index in [0.29, 0.717) is 12.8 Å². The molecular weight excluding hydrogens is 302 g/mol. The molecule has 6 nitrogen and oxygen atoms in total. The van der Waals surface area contributed by atoms with Crippen molar-refractivity contribution in [3.63, 3.8) is 0 Å². The van der Waals surface area contributed by atoms with E-state index in [1.807, 2.05) is 0 Å².